The van der Waals surface area contributed by atoms with E-state index in [0.29, 0.717) is 0 Å². The molecule has 0 nitrogen and oxygen atoms in total. The molecule has 0 spiro atoms. The summed E-state index contributed by atoms with van der Waals surface area (Å²) in [5, 5.41) is 0. The topological polar surface area (TPSA) is 0 Å². The van der Waals surface area contributed by atoms with Gasteiger partial charge in [-0.25, -0.2) is 0 Å². The SMILES string of the molecule is [AlH3].[Ca+2].[Fe].[H-].[H-].[Re].[SiH3]. The van der Waals surface area contributed by atoms with Crippen molar-refractivity contribution in [3.05, 3.63) is 0 Å². The summed E-state index contributed by atoms with van der Waals surface area (Å²) in [6, 6.07) is 0. The van der Waals surface area contributed by atoms with Gasteiger partial charge in [-0.1, -0.05) is 0 Å². The molecular formula is H8AlCaFeReSi. The molecule has 0 aliphatic rings. The molecule has 0 aliphatic heterocycles. The average Bonchev–Trinajstić information content (AvgIpc) is 0. The predicted octanol–water partition coefficient (Wildman–Crippen LogP) is -2.53. The Labute approximate surface area is 104 Å². The third-order valence-corrected chi connectivity index (χ3v) is 0. The monoisotopic (exact) mass is 346 g/mol. The first-order valence-corrected chi connectivity index (χ1v) is 0. The summed E-state index contributed by atoms with van der Waals surface area (Å²) < 4.78 is 0. The van der Waals surface area contributed by atoms with Gasteiger partial charge in [-0.05, 0) is 11.0 Å². The Kier molecular flexibility index (Phi) is 225. The molecule has 0 aromatic carbocycles. The third kappa shape index (κ3) is 19.0. The zero-order valence-electron chi connectivity index (χ0n) is 4.44. The summed E-state index contributed by atoms with van der Waals surface area (Å²) in [6.07, 6.45) is 0. The minimum Gasteiger partial charge on any atom is -1.00 e. The van der Waals surface area contributed by atoms with Crippen molar-refractivity contribution in [2.24, 2.45) is 0 Å². The Morgan fingerprint density at radius 1 is 1.20 bits per heavy atom. The first-order valence-electron chi connectivity index (χ1n) is 0. The fraction of sp³-hybridized carbons (Fsp3) is 0. The summed E-state index contributed by atoms with van der Waals surface area (Å²) in [7, 11) is 0. The Morgan fingerprint density at radius 3 is 1.20 bits per heavy atom. The van der Waals surface area contributed by atoms with Gasteiger partial charge in [0.15, 0.2) is 17.4 Å². The summed E-state index contributed by atoms with van der Waals surface area (Å²) in [4.78, 5) is 0. The molecule has 0 unspecified atom stereocenters. The molecule has 0 amide bonds. The van der Waals surface area contributed by atoms with Gasteiger partial charge >= 0.3 is 37.7 Å². The van der Waals surface area contributed by atoms with Crippen LogP contribution in [0.5, 0.6) is 0 Å². The maximum Gasteiger partial charge on any atom is 2.00 e. The van der Waals surface area contributed by atoms with Crippen LogP contribution in [0.25, 0.3) is 0 Å². The second-order valence-electron chi connectivity index (χ2n) is 0. The molecule has 0 aromatic heterocycles. The first-order chi connectivity index (χ1) is 0. The van der Waals surface area contributed by atoms with Crippen LogP contribution >= 0.6 is 0 Å². The molecule has 0 aliphatic carbocycles. The van der Waals surface area contributed by atoms with Crippen LogP contribution in [0, 0.1) is 0 Å². The Bertz CT molecular complexity index is 17.7. The number of hydrogen-bond donors (Lipinski definition) is 0. The molecule has 0 atom stereocenters. The number of hydrogen-bond acceptors (Lipinski definition) is 0. The largest absolute Gasteiger partial charge is 2.00 e. The van der Waals surface area contributed by atoms with Crippen LogP contribution in [0.3, 0.4) is 0 Å². The van der Waals surface area contributed by atoms with Gasteiger partial charge in [0.05, 0.1) is 0 Å². The van der Waals surface area contributed by atoms with Crippen LogP contribution < -0.4 is 0 Å². The molecule has 5 heteroatoms. The van der Waals surface area contributed by atoms with Gasteiger partial charge in [0.1, 0.15) is 0 Å². The predicted molar refractivity (Wildman–Crippen MR) is 27.9 cm³/mol. The third-order valence-electron chi connectivity index (χ3n) is 0. The van der Waals surface area contributed by atoms with E-state index in [1.54, 1.807) is 0 Å². The van der Waals surface area contributed by atoms with E-state index < -0.39 is 0 Å². The molecule has 0 saturated heterocycles. The molecule has 32 valence electrons. The van der Waals surface area contributed by atoms with Crippen molar-refractivity contribution in [2.75, 3.05) is 0 Å². The summed E-state index contributed by atoms with van der Waals surface area (Å²) in [6.45, 7) is 0. The van der Waals surface area contributed by atoms with Gasteiger partial charge < -0.3 is 2.85 Å². The molecule has 0 aromatic rings. The van der Waals surface area contributed by atoms with Crippen molar-refractivity contribution in [3.8, 4) is 0 Å². The van der Waals surface area contributed by atoms with Gasteiger partial charge in [-0.2, -0.15) is 0 Å². The zero-order chi connectivity index (χ0) is 0. The second kappa shape index (κ2) is 27.1. The molecule has 0 N–H and O–H groups in total. The zero-order valence-corrected chi connectivity index (χ0v) is 10.5. The number of rotatable bonds is 0. The maximum absolute atomic E-state index is 0. The van der Waals surface area contributed by atoms with Crippen molar-refractivity contribution < 1.29 is 40.3 Å². The van der Waals surface area contributed by atoms with E-state index in [1.165, 1.54) is 0 Å². The van der Waals surface area contributed by atoms with Crippen LogP contribution in [0.1, 0.15) is 2.85 Å². The van der Waals surface area contributed by atoms with E-state index in [2.05, 4.69) is 0 Å². The Balaban J connectivity index is 0. The minimum absolute atomic E-state index is 0. The molecule has 0 heterocycles. The molecule has 5 heavy (non-hydrogen) atoms. The first kappa shape index (κ1) is 41.6. The van der Waals surface area contributed by atoms with Gasteiger partial charge in [0.2, 0.25) is 0 Å². The normalized spacial score (nSPS) is 0. The van der Waals surface area contributed by atoms with Crippen LogP contribution in [-0.4, -0.2) is 66.1 Å². The van der Waals surface area contributed by atoms with Crippen molar-refractivity contribution in [1.82, 2.24) is 0 Å². The molecule has 0 saturated carbocycles. The van der Waals surface area contributed by atoms with Gasteiger partial charge in [0.25, 0.3) is 0 Å². The van der Waals surface area contributed by atoms with Crippen LogP contribution in [-0.2, 0) is 37.5 Å². The minimum atomic E-state index is 0. The average molecular weight is 345 g/mol. The van der Waals surface area contributed by atoms with E-state index >= 15 is 0 Å². The smallest absolute Gasteiger partial charge is 1.00 e. The van der Waals surface area contributed by atoms with Gasteiger partial charge in [-0.3, -0.25) is 0 Å². The van der Waals surface area contributed by atoms with E-state index in [4.69, 9.17) is 0 Å². The summed E-state index contributed by atoms with van der Waals surface area (Å²) in [5.41, 5.74) is 0. The van der Waals surface area contributed by atoms with E-state index in [0.717, 1.165) is 0 Å². The van der Waals surface area contributed by atoms with Crippen molar-refractivity contribution in [3.63, 3.8) is 0 Å². The Hall–Kier alpha value is 3.19. The molecule has 0 bridgehead atoms. The van der Waals surface area contributed by atoms with Crippen molar-refractivity contribution in [2.45, 2.75) is 0 Å². The fourth-order valence-electron chi connectivity index (χ4n) is 0. The van der Waals surface area contributed by atoms with E-state index in [1.807, 2.05) is 0 Å². The molecule has 0 fully saturated rings. The van der Waals surface area contributed by atoms with Gasteiger partial charge in [-0.15, -0.1) is 0 Å². The molecule has 2 radical (unpaired) electrons. The van der Waals surface area contributed by atoms with Crippen LogP contribution in [0.2, 0.25) is 0 Å². The summed E-state index contributed by atoms with van der Waals surface area (Å²) in [5.74, 6) is 0. The fourth-order valence-corrected chi connectivity index (χ4v) is 0. The summed E-state index contributed by atoms with van der Waals surface area (Å²) >= 11 is 0. The van der Waals surface area contributed by atoms with Gasteiger partial charge in [0, 0.05) is 37.5 Å². The van der Waals surface area contributed by atoms with Crippen molar-refractivity contribution in [1.29, 1.82) is 0 Å². The van der Waals surface area contributed by atoms with Crippen LogP contribution in [0.4, 0.5) is 0 Å². The quantitative estimate of drug-likeness (QED) is 0.425. The Morgan fingerprint density at radius 2 is 1.20 bits per heavy atom. The van der Waals surface area contributed by atoms with Crippen molar-refractivity contribution >= 4 is 66.1 Å². The molecule has 0 rings (SSSR count). The second-order valence-corrected chi connectivity index (χ2v) is 0. The standard InChI is InChI=1S/Al.Ca.Fe.Re.H3Si.5H/h;;;;1H3;;;;;/q;+2;;;;;;;2*-1. The van der Waals surface area contributed by atoms with E-state index in [-0.39, 0.29) is 106 Å². The molecular weight excluding hydrogens is 337 g/mol. The maximum atomic E-state index is 0. The van der Waals surface area contributed by atoms with E-state index in [9.17, 15) is 0 Å². The van der Waals surface area contributed by atoms with Crippen LogP contribution in [0.15, 0.2) is 0 Å².